The average Bonchev–Trinajstić information content (AvgIpc) is 2.04. The van der Waals surface area contributed by atoms with Crippen LogP contribution in [0.4, 0.5) is 11.4 Å². The molecule has 1 rings (SSSR count). The summed E-state index contributed by atoms with van der Waals surface area (Å²) in [5, 5.41) is 0. The van der Waals surface area contributed by atoms with Gasteiger partial charge in [0.05, 0.1) is 11.4 Å². The maximum atomic E-state index is 5.77. The fraction of sp³-hybridized carbons (Fsp3) is 0.250. The molecule has 0 aromatic heterocycles. The number of anilines is 2. The first kappa shape index (κ1) is 9.40. The van der Waals surface area contributed by atoms with E-state index in [2.05, 4.69) is 0 Å². The summed E-state index contributed by atoms with van der Waals surface area (Å²) in [6.07, 6.45) is 0. The molecule has 0 fully saturated rings. The molecule has 0 amide bonds. The van der Waals surface area contributed by atoms with Crippen molar-refractivity contribution >= 4 is 26.9 Å². The van der Waals surface area contributed by atoms with Gasteiger partial charge in [-0.05, 0) is 18.8 Å². The van der Waals surface area contributed by atoms with E-state index in [1.54, 1.807) is 0 Å². The van der Waals surface area contributed by atoms with E-state index in [0.29, 0.717) is 0 Å². The second-order valence-electron chi connectivity index (χ2n) is 2.66. The molecule has 1 aromatic carbocycles. The Kier molecular flexibility index (Phi) is 2.99. The highest BCUT2D eigenvalue weighted by atomic mass is 31.1. The third kappa shape index (κ3) is 1.92. The van der Waals surface area contributed by atoms with Crippen LogP contribution in [0.2, 0.25) is 0 Å². The molecule has 0 aliphatic rings. The quantitative estimate of drug-likeness (QED) is 0.425. The van der Waals surface area contributed by atoms with Crippen LogP contribution in [0.25, 0.3) is 0 Å². The van der Waals surface area contributed by atoms with Crippen LogP contribution in [0, 0.1) is 0 Å². The Hall–Kier alpha value is -0.685. The lowest BCUT2D eigenvalue weighted by atomic mass is 10.3. The van der Waals surface area contributed by atoms with E-state index in [-0.39, 0.29) is 0 Å². The second kappa shape index (κ2) is 3.82. The van der Waals surface area contributed by atoms with Crippen LogP contribution >= 0.6 is 7.95 Å². The highest BCUT2D eigenvalue weighted by molar-refractivity contribution is 7.82. The van der Waals surface area contributed by atoms with Gasteiger partial charge in [-0.15, -0.1) is 0 Å². The zero-order valence-corrected chi connectivity index (χ0v) is 8.25. The van der Waals surface area contributed by atoms with Gasteiger partial charge in [-0.25, -0.2) is 0 Å². The van der Waals surface area contributed by atoms with Crippen molar-refractivity contribution in [1.82, 2.24) is 0 Å². The SMILES string of the molecule is [B]P(C)N(C)c1ccccc1N. The van der Waals surface area contributed by atoms with Crippen LogP contribution in [0.1, 0.15) is 0 Å². The van der Waals surface area contributed by atoms with Gasteiger partial charge < -0.3 is 10.4 Å². The molecule has 0 aliphatic carbocycles. The van der Waals surface area contributed by atoms with Gasteiger partial charge in [-0.3, -0.25) is 0 Å². The fourth-order valence-corrected chi connectivity index (χ4v) is 1.47. The molecule has 62 valence electrons. The third-order valence-corrected chi connectivity index (χ3v) is 2.92. The molecule has 0 saturated carbocycles. The van der Waals surface area contributed by atoms with E-state index in [0.717, 1.165) is 11.4 Å². The predicted octanol–water partition coefficient (Wildman–Crippen LogP) is 1.82. The number of hydrogen-bond acceptors (Lipinski definition) is 2. The van der Waals surface area contributed by atoms with E-state index in [4.69, 9.17) is 13.3 Å². The molecule has 4 heteroatoms. The number of rotatable bonds is 2. The molecule has 0 heterocycles. The molecule has 2 N–H and O–H groups in total. The van der Waals surface area contributed by atoms with Crippen LogP contribution in [0.5, 0.6) is 0 Å². The van der Waals surface area contributed by atoms with Crippen molar-refractivity contribution in [1.29, 1.82) is 0 Å². The zero-order valence-electron chi connectivity index (χ0n) is 7.36. The Morgan fingerprint density at radius 1 is 1.42 bits per heavy atom. The van der Waals surface area contributed by atoms with Crippen molar-refractivity contribution in [3.8, 4) is 0 Å². The van der Waals surface area contributed by atoms with Gasteiger partial charge in [0.15, 0.2) is 0 Å². The molecule has 1 aromatic rings. The van der Waals surface area contributed by atoms with Crippen molar-refractivity contribution < 1.29 is 0 Å². The molecule has 0 spiro atoms. The summed E-state index contributed by atoms with van der Waals surface area (Å²) in [6.45, 7) is 1.99. The van der Waals surface area contributed by atoms with Gasteiger partial charge in [0.1, 0.15) is 7.57 Å². The first-order valence-corrected chi connectivity index (χ1v) is 5.50. The Bertz CT molecular complexity index is 265. The standard InChI is InChI=1S/C8H12BN2P/c1-11(12(2)9)8-6-4-3-5-7(8)10/h3-6H,10H2,1-2H3. The van der Waals surface area contributed by atoms with E-state index >= 15 is 0 Å². The van der Waals surface area contributed by atoms with E-state index < -0.39 is 7.95 Å². The summed E-state index contributed by atoms with van der Waals surface area (Å²) in [5.41, 5.74) is 7.56. The number of nitrogens with zero attached hydrogens (tertiary/aromatic N) is 1. The molecular formula is C8H12BN2P. The highest BCUT2D eigenvalue weighted by Gasteiger charge is 2.05. The first-order chi connectivity index (χ1) is 5.63. The van der Waals surface area contributed by atoms with Gasteiger partial charge in [0.2, 0.25) is 0 Å². The summed E-state index contributed by atoms with van der Waals surface area (Å²) < 4.78 is 2.00. The van der Waals surface area contributed by atoms with Gasteiger partial charge in [-0.2, -0.15) is 0 Å². The summed E-state index contributed by atoms with van der Waals surface area (Å²) >= 11 is 0. The molecular weight excluding hydrogens is 166 g/mol. The average molecular weight is 178 g/mol. The molecule has 2 nitrogen and oxygen atoms in total. The van der Waals surface area contributed by atoms with Crippen LogP contribution in [-0.2, 0) is 0 Å². The Morgan fingerprint density at radius 3 is 2.50 bits per heavy atom. The lowest BCUT2D eigenvalue weighted by molar-refractivity contribution is 1.35. The van der Waals surface area contributed by atoms with Crippen molar-refractivity contribution in [3.05, 3.63) is 24.3 Å². The lowest BCUT2D eigenvalue weighted by Crippen LogP contribution is -2.10. The lowest BCUT2D eigenvalue weighted by Gasteiger charge is -2.25. The second-order valence-corrected chi connectivity index (χ2v) is 4.40. The van der Waals surface area contributed by atoms with Crippen LogP contribution in [-0.4, -0.2) is 21.3 Å². The zero-order chi connectivity index (χ0) is 9.14. The van der Waals surface area contributed by atoms with Gasteiger partial charge >= 0.3 is 0 Å². The van der Waals surface area contributed by atoms with E-state index in [1.165, 1.54) is 0 Å². The van der Waals surface area contributed by atoms with Gasteiger partial charge in [0, 0.05) is 7.05 Å². The third-order valence-electron chi connectivity index (χ3n) is 1.76. The molecule has 0 bridgehead atoms. The van der Waals surface area contributed by atoms with Gasteiger partial charge in [0.25, 0.3) is 0 Å². The van der Waals surface area contributed by atoms with Crippen LogP contribution in [0.15, 0.2) is 24.3 Å². The minimum atomic E-state index is -0.601. The molecule has 12 heavy (non-hydrogen) atoms. The number of nitrogen functional groups attached to an aromatic ring is 1. The number of benzene rings is 1. The summed E-state index contributed by atoms with van der Waals surface area (Å²) in [5.74, 6) is 0. The first-order valence-electron chi connectivity index (χ1n) is 3.69. The number of nitrogens with two attached hydrogens (primary N) is 1. The maximum Gasteiger partial charge on any atom is 0.138 e. The topological polar surface area (TPSA) is 29.3 Å². The van der Waals surface area contributed by atoms with E-state index in [1.807, 2.05) is 42.6 Å². The normalized spacial score (nSPS) is 12.5. The minimum Gasteiger partial charge on any atom is -0.397 e. The summed E-state index contributed by atoms with van der Waals surface area (Å²) in [7, 11) is 7.13. The smallest absolute Gasteiger partial charge is 0.138 e. The summed E-state index contributed by atoms with van der Waals surface area (Å²) in [4.78, 5) is 0. The molecule has 1 unspecified atom stereocenters. The molecule has 2 radical (unpaired) electrons. The van der Waals surface area contributed by atoms with Crippen molar-refractivity contribution in [3.63, 3.8) is 0 Å². The maximum absolute atomic E-state index is 5.77. The van der Waals surface area contributed by atoms with Crippen LogP contribution < -0.4 is 10.4 Å². The molecule has 0 aliphatic heterocycles. The largest absolute Gasteiger partial charge is 0.397 e. The number of para-hydroxylation sites is 2. The molecule has 1 atom stereocenters. The Morgan fingerprint density at radius 2 is 2.00 bits per heavy atom. The summed E-state index contributed by atoms with van der Waals surface area (Å²) in [6, 6.07) is 7.73. The number of hydrogen-bond donors (Lipinski definition) is 1. The monoisotopic (exact) mass is 178 g/mol. The fourth-order valence-electron chi connectivity index (χ4n) is 0.952. The Labute approximate surface area is 75.9 Å². The van der Waals surface area contributed by atoms with Gasteiger partial charge in [-0.1, -0.05) is 20.1 Å². The van der Waals surface area contributed by atoms with Crippen molar-refractivity contribution in [2.75, 3.05) is 24.1 Å². The molecule has 0 saturated heterocycles. The van der Waals surface area contributed by atoms with Crippen molar-refractivity contribution in [2.45, 2.75) is 0 Å². The Balaban J connectivity index is 2.94. The van der Waals surface area contributed by atoms with E-state index in [9.17, 15) is 0 Å². The predicted molar refractivity (Wildman–Crippen MR) is 57.9 cm³/mol. The minimum absolute atomic E-state index is 0.601. The highest BCUT2D eigenvalue weighted by Crippen LogP contribution is 2.36. The van der Waals surface area contributed by atoms with Crippen molar-refractivity contribution in [2.24, 2.45) is 0 Å². The van der Waals surface area contributed by atoms with Crippen LogP contribution in [0.3, 0.4) is 0 Å².